The van der Waals surface area contributed by atoms with Gasteiger partial charge in [0.15, 0.2) is 0 Å². The Kier molecular flexibility index (Phi) is 9.60. The van der Waals surface area contributed by atoms with Crippen molar-refractivity contribution in [3.63, 3.8) is 0 Å². The molecule has 1 aliphatic rings. The lowest BCUT2D eigenvalue weighted by Crippen LogP contribution is -2.45. The Morgan fingerprint density at radius 2 is 1.95 bits per heavy atom. The van der Waals surface area contributed by atoms with E-state index in [2.05, 4.69) is 16.8 Å². The van der Waals surface area contributed by atoms with Crippen LogP contribution in [0.1, 0.15) is 30.5 Å². The van der Waals surface area contributed by atoms with Crippen LogP contribution in [-0.4, -0.2) is 31.1 Å². The van der Waals surface area contributed by atoms with E-state index in [9.17, 15) is 4.39 Å². The molecule has 1 aromatic carbocycles. The molecule has 0 bridgehead atoms. The summed E-state index contributed by atoms with van der Waals surface area (Å²) in [5.74, 6) is -0.217. The standard InChI is InChI=1S/C16H22ClFN2.2ClH/c1-11(2)10-14(20-8-6-19-7-9-20)15-13(18)5-4-12(3)16(15)17;;/h4-5,14,19H,1,6-10H2,2-3H3;2*1H/t14-;;/m1../s1. The maximum Gasteiger partial charge on any atom is 0.129 e. The first kappa shape index (κ1) is 21.7. The van der Waals surface area contributed by atoms with Gasteiger partial charge < -0.3 is 5.32 Å². The van der Waals surface area contributed by atoms with Crippen molar-refractivity contribution in [2.45, 2.75) is 26.3 Å². The molecule has 1 atom stereocenters. The van der Waals surface area contributed by atoms with Crippen molar-refractivity contribution < 1.29 is 4.39 Å². The second-order valence-electron chi connectivity index (χ2n) is 5.55. The molecule has 1 heterocycles. The molecule has 1 fully saturated rings. The summed E-state index contributed by atoms with van der Waals surface area (Å²) in [5.41, 5.74) is 2.59. The molecule has 0 radical (unpaired) electrons. The molecular weight excluding hydrogens is 346 g/mol. The van der Waals surface area contributed by atoms with Gasteiger partial charge in [-0.3, -0.25) is 4.90 Å². The molecule has 22 heavy (non-hydrogen) atoms. The number of nitrogens with one attached hydrogen (secondary N) is 1. The molecule has 1 aromatic rings. The molecular formula is C16H24Cl3FN2. The lowest BCUT2D eigenvalue weighted by molar-refractivity contribution is 0.169. The number of rotatable bonds is 4. The number of nitrogens with zero attached hydrogens (tertiary/aromatic N) is 1. The van der Waals surface area contributed by atoms with Crippen LogP contribution in [0, 0.1) is 12.7 Å². The van der Waals surface area contributed by atoms with Crippen molar-refractivity contribution >= 4 is 36.4 Å². The normalized spacial score (nSPS) is 16.4. The summed E-state index contributed by atoms with van der Waals surface area (Å²) in [7, 11) is 0. The zero-order valence-corrected chi connectivity index (χ0v) is 15.4. The van der Waals surface area contributed by atoms with E-state index in [4.69, 9.17) is 11.6 Å². The maximum atomic E-state index is 14.3. The molecule has 1 aliphatic heterocycles. The van der Waals surface area contributed by atoms with Crippen molar-refractivity contribution in [3.05, 3.63) is 46.3 Å². The Bertz CT molecular complexity index is 502. The minimum atomic E-state index is -0.217. The van der Waals surface area contributed by atoms with Crippen LogP contribution in [0.25, 0.3) is 0 Å². The highest BCUT2D eigenvalue weighted by molar-refractivity contribution is 6.32. The third-order valence-corrected chi connectivity index (χ3v) is 4.29. The monoisotopic (exact) mass is 368 g/mol. The van der Waals surface area contributed by atoms with E-state index in [0.29, 0.717) is 10.6 Å². The Labute approximate surface area is 149 Å². The number of aryl methyl sites for hydroxylation is 1. The molecule has 0 aromatic heterocycles. The number of hydrogen-bond donors (Lipinski definition) is 1. The van der Waals surface area contributed by atoms with Gasteiger partial charge in [-0.25, -0.2) is 4.39 Å². The van der Waals surface area contributed by atoms with Crippen molar-refractivity contribution in [2.75, 3.05) is 26.2 Å². The zero-order valence-electron chi connectivity index (χ0n) is 13.0. The van der Waals surface area contributed by atoms with Crippen LogP contribution in [0.5, 0.6) is 0 Å². The van der Waals surface area contributed by atoms with E-state index in [1.807, 2.05) is 13.8 Å². The third kappa shape index (κ3) is 5.10. The topological polar surface area (TPSA) is 15.3 Å². The molecule has 0 amide bonds. The highest BCUT2D eigenvalue weighted by Gasteiger charge is 2.27. The van der Waals surface area contributed by atoms with Crippen LogP contribution in [-0.2, 0) is 0 Å². The van der Waals surface area contributed by atoms with Gasteiger partial charge in [-0.15, -0.1) is 31.4 Å². The summed E-state index contributed by atoms with van der Waals surface area (Å²) in [4.78, 5) is 2.30. The zero-order chi connectivity index (χ0) is 14.7. The lowest BCUT2D eigenvalue weighted by atomic mass is 9.96. The van der Waals surface area contributed by atoms with Crippen LogP contribution in [0.2, 0.25) is 5.02 Å². The van der Waals surface area contributed by atoms with E-state index in [1.54, 1.807) is 6.07 Å². The number of piperazine rings is 1. The van der Waals surface area contributed by atoms with Gasteiger partial charge in [0, 0.05) is 37.8 Å². The molecule has 2 rings (SSSR count). The van der Waals surface area contributed by atoms with Gasteiger partial charge in [0.25, 0.3) is 0 Å². The Hall–Kier alpha value is -0.320. The fourth-order valence-corrected chi connectivity index (χ4v) is 3.00. The third-order valence-electron chi connectivity index (χ3n) is 3.79. The van der Waals surface area contributed by atoms with E-state index >= 15 is 0 Å². The summed E-state index contributed by atoms with van der Waals surface area (Å²) in [6.07, 6.45) is 0.736. The summed E-state index contributed by atoms with van der Waals surface area (Å²) in [6, 6.07) is 3.22. The highest BCUT2D eigenvalue weighted by Crippen LogP contribution is 2.36. The van der Waals surface area contributed by atoms with Gasteiger partial charge in [0.1, 0.15) is 5.82 Å². The van der Waals surface area contributed by atoms with Crippen LogP contribution in [0.3, 0.4) is 0 Å². The number of halogens is 4. The predicted octanol–water partition coefficient (Wildman–Crippen LogP) is 4.54. The first-order chi connectivity index (χ1) is 9.50. The van der Waals surface area contributed by atoms with Crippen LogP contribution >= 0.6 is 36.4 Å². The van der Waals surface area contributed by atoms with Crippen molar-refractivity contribution in [3.8, 4) is 0 Å². The lowest BCUT2D eigenvalue weighted by Gasteiger charge is -2.36. The van der Waals surface area contributed by atoms with Crippen LogP contribution in [0.15, 0.2) is 24.3 Å². The summed E-state index contributed by atoms with van der Waals surface area (Å²) < 4.78 is 14.3. The van der Waals surface area contributed by atoms with Crippen LogP contribution < -0.4 is 5.32 Å². The fraction of sp³-hybridized carbons (Fsp3) is 0.500. The van der Waals surface area contributed by atoms with Gasteiger partial charge in [-0.2, -0.15) is 0 Å². The van der Waals surface area contributed by atoms with Crippen LogP contribution in [0.4, 0.5) is 4.39 Å². The van der Waals surface area contributed by atoms with E-state index in [-0.39, 0.29) is 36.7 Å². The Morgan fingerprint density at radius 3 is 2.50 bits per heavy atom. The second kappa shape index (κ2) is 9.74. The minimum absolute atomic E-state index is 0. The molecule has 6 heteroatoms. The number of benzene rings is 1. The van der Waals surface area contributed by atoms with Gasteiger partial charge in [0.2, 0.25) is 0 Å². The molecule has 0 spiro atoms. The SMILES string of the molecule is C=C(C)C[C@H](c1c(F)ccc(C)c1Cl)N1CCNCC1.Cl.Cl. The number of hydrogen-bond acceptors (Lipinski definition) is 2. The quantitative estimate of drug-likeness (QED) is 0.784. The van der Waals surface area contributed by atoms with Gasteiger partial charge >= 0.3 is 0 Å². The highest BCUT2D eigenvalue weighted by atomic mass is 35.5. The first-order valence-electron chi connectivity index (χ1n) is 7.04. The first-order valence-corrected chi connectivity index (χ1v) is 7.42. The van der Waals surface area contributed by atoms with Gasteiger partial charge in [-0.05, 0) is 31.9 Å². The molecule has 126 valence electrons. The van der Waals surface area contributed by atoms with Crippen molar-refractivity contribution in [2.24, 2.45) is 0 Å². The molecule has 0 aliphatic carbocycles. The second-order valence-corrected chi connectivity index (χ2v) is 5.93. The van der Waals surface area contributed by atoms with Crippen molar-refractivity contribution in [1.82, 2.24) is 10.2 Å². The van der Waals surface area contributed by atoms with Gasteiger partial charge in [-0.1, -0.05) is 23.2 Å². The van der Waals surface area contributed by atoms with E-state index in [1.165, 1.54) is 6.07 Å². The maximum absolute atomic E-state index is 14.3. The Morgan fingerprint density at radius 1 is 1.36 bits per heavy atom. The van der Waals surface area contributed by atoms with Crippen molar-refractivity contribution in [1.29, 1.82) is 0 Å². The van der Waals surface area contributed by atoms with E-state index < -0.39 is 0 Å². The minimum Gasteiger partial charge on any atom is -0.314 e. The average Bonchev–Trinajstić information content (AvgIpc) is 2.43. The molecule has 0 saturated carbocycles. The van der Waals surface area contributed by atoms with E-state index in [0.717, 1.165) is 43.7 Å². The largest absolute Gasteiger partial charge is 0.314 e. The molecule has 1 saturated heterocycles. The molecule has 1 N–H and O–H groups in total. The predicted molar refractivity (Wildman–Crippen MR) is 97.3 cm³/mol. The fourth-order valence-electron chi connectivity index (χ4n) is 2.72. The Balaban J connectivity index is 0.00000220. The summed E-state index contributed by atoms with van der Waals surface area (Å²) in [5, 5.41) is 3.87. The average molecular weight is 370 g/mol. The summed E-state index contributed by atoms with van der Waals surface area (Å²) in [6.45, 7) is 11.6. The smallest absolute Gasteiger partial charge is 0.129 e. The summed E-state index contributed by atoms with van der Waals surface area (Å²) >= 11 is 6.38. The van der Waals surface area contributed by atoms with Gasteiger partial charge in [0.05, 0.1) is 5.02 Å². The molecule has 2 nitrogen and oxygen atoms in total. The molecule has 0 unspecified atom stereocenters.